The van der Waals surface area contributed by atoms with E-state index in [0.29, 0.717) is 21.9 Å². The summed E-state index contributed by atoms with van der Waals surface area (Å²) in [6.07, 6.45) is 4.07. The number of pyridine rings is 1. The van der Waals surface area contributed by atoms with Crippen molar-refractivity contribution < 1.29 is 9.53 Å². The van der Waals surface area contributed by atoms with Gasteiger partial charge >= 0.3 is 0 Å². The van der Waals surface area contributed by atoms with Crippen molar-refractivity contribution in [3.63, 3.8) is 0 Å². The van der Waals surface area contributed by atoms with Gasteiger partial charge in [-0.3, -0.25) is 9.78 Å². The SMILES string of the molecule is CCc1cnccc1C(=O)c1cc(Cl)ccc1OC. The first kappa shape index (κ1) is 13.6. The Morgan fingerprint density at radius 3 is 2.79 bits per heavy atom. The quantitative estimate of drug-likeness (QED) is 0.801. The van der Waals surface area contributed by atoms with E-state index in [2.05, 4.69) is 4.98 Å². The Labute approximate surface area is 117 Å². The average Bonchev–Trinajstić information content (AvgIpc) is 2.46. The van der Waals surface area contributed by atoms with E-state index in [4.69, 9.17) is 16.3 Å². The van der Waals surface area contributed by atoms with E-state index in [0.717, 1.165) is 12.0 Å². The molecule has 0 atom stereocenters. The molecular formula is C15H14ClNO2. The third-order valence-electron chi connectivity index (χ3n) is 2.94. The van der Waals surface area contributed by atoms with Gasteiger partial charge in [-0.2, -0.15) is 0 Å². The third kappa shape index (κ3) is 2.76. The van der Waals surface area contributed by atoms with Gasteiger partial charge in [0.05, 0.1) is 12.7 Å². The summed E-state index contributed by atoms with van der Waals surface area (Å²) in [4.78, 5) is 16.6. The maximum Gasteiger partial charge on any atom is 0.197 e. The lowest BCUT2D eigenvalue weighted by molar-refractivity contribution is 0.103. The van der Waals surface area contributed by atoms with Crippen LogP contribution in [0.3, 0.4) is 0 Å². The van der Waals surface area contributed by atoms with Crippen LogP contribution in [0.15, 0.2) is 36.7 Å². The summed E-state index contributed by atoms with van der Waals surface area (Å²) in [5.74, 6) is 0.423. The van der Waals surface area contributed by atoms with Crippen molar-refractivity contribution in [2.75, 3.05) is 7.11 Å². The summed E-state index contributed by atoms with van der Waals surface area (Å²) in [7, 11) is 1.54. The minimum atomic E-state index is -0.0985. The van der Waals surface area contributed by atoms with Crippen molar-refractivity contribution in [2.45, 2.75) is 13.3 Å². The highest BCUT2D eigenvalue weighted by Gasteiger charge is 2.17. The normalized spacial score (nSPS) is 10.3. The lowest BCUT2D eigenvalue weighted by atomic mass is 9.98. The molecule has 0 unspecified atom stereocenters. The number of halogens is 1. The van der Waals surface area contributed by atoms with Gasteiger partial charge in [0.25, 0.3) is 0 Å². The Kier molecular flexibility index (Phi) is 4.17. The van der Waals surface area contributed by atoms with E-state index in [1.165, 1.54) is 7.11 Å². The molecule has 3 nitrogen and oxygen atoms in total. The molecule has 98 valence electrons. The molecule has 0 saturated heterocycles. The second kappa shape index (κ2) is 5.85. The van der Waals surface area contributed by atoms with Gasteiger partial charge in [-0.25, -0.2) is 0 Å². The highest BCUT2D eigenvalue weighted by Crippen LogP contribution is 2.26. The van der Waals surface area contributed by atoms with Crippen LogP contribution >= 0.6 is 11.6 Å². The lowest BCUT2D eigenvalue weighted by Crippen LogP contribution is -2.07. The number of methoxy groups -OCH3 is 1. The minimum absolute atomic E-state index is 0.0985. The number of nitrogens with zero attached hydrogens (tertiary/aromatic N) is 1. The molecule has 1 aromatic carbocycles. The molecule has 19 heavy (non-hydrogen) atoms. The Bertz CT molecular complexity index is 611. The van der Waals surface area contributed by atoms with Gasteiger partial charge in [-0.05, 0) is 36.2 Å². The Morgan fingerprint density at radius 1 is 1.32 bits per heavy atom. The number of ether oxygens (including phenoxy) is 1. The van der Waals surface area contributed by atoms with Gasteiger partial charge in [-0.1, -0.05) is 18.5 Å². The minimum Gasteiger partial charge on any atom is -0.496 e. The van der Waals surface area contributed by atoms with Crippen LogP contribution in [0.1, 0.15) is 28.4 Å². The van der Waals surface area contributed by atoms with Gasteiger partial charge in [-0.15, -0.1) is 0 Å². The number of aryl methyl sites for hydroxylation is 1. The predicted octanol–water partition coefficient (Wildman–Crippen LogP) is 3.54. The first-order chi connectivity index (χ1) is 9.17. The maximum absolute atomic E-state index is 12.6. The summed E-state index contributed by atoms with van der Waals surface area (Å²) >= 11 is 5.96. The molecule has 0 aliphatic heterocycles. The molecule has 0 bridgehead atoms. The van der Waals surface area contributed by atoms with Crippen molar-refractivity contribution in [1.29, 1.82) is 0 Å². The number of benzene rings is 1. The predicted molar refractivity (Wildman–Crippen MR) is 75.1 cm³/mol. The molecule has 0 amide bonds. The van der Waals surface area contributed by atoms with Crippen molar-refractivity contribution in [3.05, 3.63) is 58.4 Å². The highest BCUT2D eigenvalue weighted by molar-refractivity contribution is 6.31. The highest BCUT2D eigenvalue weighted by atomic mass is 35.5. The molecule has 0 N–H and O–H groups in total. The van der Waals surface area contributed by atoms with Crippen molar-refractivity contribution in [1.82, 2.24) is 4.98 Å². The monoisotopic (exact) mass is 275 g/mol. The molecule has 0 aliphatic carbocycles. The molecule has 1 aromatic heterocycles. The number of hydrogen-bond acceptors (Lipinski definition) is 3. The van der Waals surface area contributed by atoms with Gasteiger partial charge in [0, 0.05) is 23.0 Å². The molecule has 0 spiro atoms. The summed E-state index contributed by atoms with van der Waals surface area (Å²) < 4.78 is 5.22. The van der Waals surface area contributed by atoms with Gasteiger partial charge in [0.1, 0.15) is 5.75 Å². The van der Waals surface area contributed by atoms with Crippen molar-refractivity contribution in [2.24, 2.45) is 0 Å². The molecule has 4 heteroatoms. The summed E-state index contributed by atoms with van der Waals surface area (Å²) in [5.41, 5.74) is 2.02. The van der Waals surface area contributed by atoms with Crippen LogP contribution in [0.5, 0.6) is 5.75 Å². The van der Waals surface area contributed by atoms with Gasteiger partial charge < -0.3 is 4.74 Å². The van der Waals surface area contributed by atoms with Crippen LogP contribution in [-0.2, 0) is 6.42 Å². The van der Waals surface area contributed by atoms with E-state index in [9.17, 15) is 4.79 Å². The van der Waals surface area contributed by atoms with E-state index in [1.54, 1.807) is 36.7 Å². The first-order valence-electron chi connectivity index (χ1n) is 5.98. The van der Waals surface area contributed by atoms with Crippen LogP contribution < -0.4 is 4.74 Å². The number of ketones is 1. The fourth-order valence-corrected chi connectivity index (χ4v) is 2.11. The molecule has 2 rings (SSSR count). The van der Waals surface area contributed by atoms with Crippen molar-refractivity contribution >= 4 is 17.4 Å². The smallest absolute Gasteiger partial charge is 0.197 e. The lowest BCUT2D eigenvalue weighted by Gasteiger charge is -2.10. The van der Waals surface area contributed by atoms with Crippen LogP contribution in [0, 0.1) is 0 Å². The zero-order chi connectivity index (χ0) is 13.8. The van der Waals surface area contributed by atoms with E-state index < -0.39 is 0 Å². The van der Waals surface area contributed by atoms with Crippen LogP contribution in [0.2, 0.25) is 5.02 Å². The molecule has 0 fully saturated rings. The van der Waals surface area contributed by atoms with E-state index in [1.807, 2.05) is 6.92 Å². The average molecular weight is 276 g/mol. The van der Waals surface area contributed by atoms with E-state index >= 15 is 0 Å². The second-order valence-electron chi connectivity index (χ2n) is 4.06. The zero-order valence-corrected chi connectivity index (χ0v) is 11.6. The van der Waals surface area contributed by atoms with Crippen LogP contribution in [0.25, 0.3) is 0 Å². The fourth-order valence-electron chi connectivity index (χ4n) is 1.93. The topological polar surface area (TPSA) is 39.2 Å². The Morgan fingerprint density at radius 2 is 2.11 bits per heavy atom. The molecule has 2 aromatic rings. The summed E-state index contributed by atoms with van der Waals surface area (Å²) in [5, 5.41) is 0.510. The van der Waals surface area contributed by atoms with Gasteiger partial charge in [0.15, 0.2) is 5.78 Å². The number of hydrogen-bond donors (Lipinski definition) is 0. The number of carbonyl (C=O) groups excluding carboxylic acids is 1. The second-order valence-corrected chi connectivity index (χ2v) is 4.50. The summed E-state index contributed by atoms with van der Waals surface area (Å²) in [6, 6.07) is 6.75. The summed E-state index contributed by atoms with van der Waals surface area (Å²) in [6.45, 7) is 1.99. The molecular weight excluding hydrogens is 262 g/mol. The Balaban J connectivity index is 2.52. The van der Waals surface area contributed by atoms with Gasteiger partial charge in [0.2, 0.25) is 0 Å². The molecule has 0 radical (unpaired) electrons. The first-order valence-corrected chi connectivity index (χ1v) is 6.36. The molecule has 1 heterocycles. The molecule has 0 aliphatic rings. The number of aromatic nitrogens is 1. The standard InChI is InChI=1S/C15H14ClNO2/c1-3-10-9-17-7-6-12(10)15(18)13-8-11(16)4-5-14(13)19-2/h4-9H,3H2,1-2H3. The number of rotatable bonds is 4. The largest absolute Gasteiger partial charge is 0.496 e. The number of carbonyl (C=O) groups is 1. The zero-order valence-electron chi connectivity index (χ0n) is 10.8. The maximum atomic E-state index is 12.6. The van der Waals surface area contributed by atoms with Crippen LogP contribution in [-0.4, -0.2) is 17.9 Å². The van der Waals surface area contributed by atoms with Crippen molar-refractivity contribution in [3.8, 4) is 5.75 Å². The Hall–Kier alpha value is -1.87. The fraction of sp³-hybridized carbons (Fsp3) is 0.200. The third-order valence-corrected chi connectivity index (χ3v) is 3.17. The van der Waals surface area contributed by atoms with E-state index in [-0.39, 0.29) is 5.78 Å². The molecule has 0 saturated carbocycles. The van der Waals surface area contributed by atoms with Crippen LogP contribution in [0.4, 0.5) is 0 Å².